The molecule has 0 aliphatic carbocycles. The second-order valence-corrected chi connectivity index (χ2v) is 6.97. The molecule has 4 rings (SSSR count). The summed E-state index contributed by atoms with van der Waals surface area (Å²) in [6.45, 7) is 6.09. The molecule has 138 valence electrons. The van der Waals surface area contributed by atoms with Crippen molar-refractivity contribution >= 4 is 35.1 Å². The Balaban J connectivity index is 1.56. The minimum atomic E-state index is 0.691. The Morgan fingerprint density at radius 1 is 1.04 bits per heavy atom. The number of hydrogen-bond acceptors (Lipinski definition) is 9. The molecule has 2 aromatic heterocycles. The highest BCUT2D eigenvalue weighted by molar-refractivity contribution is 7.11. The van der Waals surface area contributed by atoms with E-state index < -0.39 is 0 Å². The van der Waals surface area contributed by atoms with Crippen molar-refractivity contribution in [3.8, 4) is 0 Å². The molecule has 0 unspecified atom stereocenters. The summed E-state index contributed by atoms with van der Waals surface area (Å²) in [4.78, 5) is 14.9. The lowest BCUT2D eigenvalue weighted by Crippen LogP contribution is -2.39. The fourth-order valence-corrected chi connectivity index (χ4v) is 3.45. The molecule has 9 heteroatoms. The second-order valence-electron chi connectivity index (χ2n) is 6.00. The largest absolute Gasteiger partial charge is 0.378 e. The fourth-order valence-electron chi connectivity index (χ4n) is 2.87. The van der Waals surface area contributed by atoms with Gasteiger partial charge in [0.05, 0.1) is 32.6 Å². The Morgan fingerprint density at radius 2 is 1.77 bits per heavy atom. The molecule has 2 aromatic rings. The first-order valence-corrected chi connectivity index (χ1v) is 9.63. The van der Waals surface area contributed by atoms with Gasteiger partial charge in [-0.25, -0.2) is 0 Å². The summed E-state index contributed by atoms with van der Waals surface area (Å²) in [5.74, 6) is 2.31. The van der Waals surface area contributed by atoms with Crippen LogP contribution in [0.3, 0.4) is 0 Å². The second kappa shape index (κ2) is 8.43. The van der Waals surface area contributed by atoms with Gasteiger partial charge in [0, 0.05) is 37.1 Å². The lowest BCUT2D eigenvalue weighted by molar-refractivity contribution is 0.121. The maximum atomic E-state index is 5.45. The van der Waals surface area contributed by atoms with E-state index in [9.17, 15) is 0 Å². The van der Waals surface area contributed by atoms with Crippen molar-refractivity contribution in [2.24, 2.45) is 5.10 Å². The number of thiophene rings is 1. The summed E-state index contributed by atoms with van der Waals surface area (Å²) >= 11 is 1.64. The lowest BCUT2D eigenvalue weighted by Gasteiger charge is -2.31. The molecule has 0 atom stereocenters. The molecule has 1 N–H and O–H groups in total. The van der Waals surface area contributed by atoms with Crippen LogP contribution in [0.5, 0.6) is 0 Å². The summed E-state index contributed by atoms with van der Waals surface area (Å²) in [6, 6.07) is 5.97. The Kier molecular flexibility index (Phi) is 5.58. The molecule has 0 bridgehead atoms. The van der Waals surface area contributed by atoms with Crippen LogP contribution in [0.1, 0.15) is 4.88 Å². The van der Waals surface area contributed by atoms with Gasteiger partial charge in [-0.1, -0.05) is 6.07 Å². The average molecular weight is 374 g/mol. The maximum absolute atomic E-state index is 5.45. The van der Waals surface area contributed by atoms with E-state index in [1.807, 2.05) is 23.6 Å². The predicted molar refractivity (Wildman–Crippen MR) is 104 cm³/mol. The quantitative estimate of drug-likeness (QED) is 0.630. The Morgan fingerprint density at radius 3 is 2.46 bits per heavy atom. The highest BCUT2D eigenvalue weighted by Gasteiger charge is 2.19. The number of nitrogens with one attached hydrogen (secondary N) is 1. The first-order chi connectivity index (χ1) is 12.9. The van der Waals surface area contributed by atoms with E-state index in [4.69, 9.17) is 14.5 Å². The molecule has 8 nitrogen and oxygen atoms in total. The minimum absolute atomic E-state index is 0.691. The van der Waals surface area contributed by atoms with Crippen LogP contribution in [-0.2, 0) is 9.47 Å². The van der Waals surface area contributed by atoms with Gasteiger partial charge in [-0.05, 0) is 11.4 Å². The monoisotopic (exact) mass is 374 g/mol. The Labute approximate surface area is 156 Å². The van der Waals surface area contributed by atoms with Crippen LogP contribution in [0.15, 0.2) is 28.7 Å². The van der Waals surface area contributed by atoms with Gasteiger partial charge in [0.15, 0.2) is 5.82 Å². The first-order valence-electron chi connectivity index (χ1n) is 8.75. The van der Waals surface area contributed by atoms with Gasteiger partial charge in [0.25, 0.3) is 0 Å². The summed E-state index contributed by atoms with van der Waals surface area (Å²) < 4.78 is 10.9. The van der Waals surface area contributed by atoms with Gasteiger partial charge < -0.3 is 19.3 Å². The van der Waals surface area contributed by atoms with Gasteiger partial charge in [-0.2, -0.15) is 15.1 Å². The minimum Gasteiger partial charge on any atom is -0.378 e. The molecule has 2 aliphatic rings. The van der Waals surface area contributed by atoms with Gasteiger partial charge in [0.2, 0.25) is 5.95 Å². The summed E-state index contributed by atoms with van der Waals surface area (Å²) in [7, 11) is 0. The maximum Gasteiger partial charge on any atom is 0.229 e. The molecule has 26 heavy (non-hydrogen) atoms. The summed E-state index contributed by atoms with van der Waals surface area (Å²) in [6.07, 6.45) is 1.80. The van der Waals surface area contributed by atoms with Gasteiger partial charge in [0.1, 0.15) is 5.82 Å². The van der Waals surface area contributed by atoms with Crippen molar-refractivity contribution < 1.29 is 9.47 Å². The molecule has 2 aliphatic heterocycles. The standard InChI is InChI=1S/C17H22N6O2S/c1-2-14(26-11-1)13-18-21-15-12-16(22-3-7-24-8-4-22)20-17(19-15)23-5-9-25-10-6-23/h1-2,11-13H,3-10H2,(H,19,20,21)/b18-13+. The van der Waals surface area contributed by atoms with Crippen molar-refractivity contribution in [3.05, 3.63) is 28.5 Å². The number of hydrogen-bond donors (Lipinski definition) is 1. The SMILES string of the molecule is C(=N\Nc1cc(N2CCOCC2)nc(N2CCOCC2)n1)/c1cccs1. The van der Waals surface area contributed by atoms with Crippen molar-refractivity contribution in [3.63, 3.8) is 0 Å². The van der Waals surface area contributed by atoms with Crippen molar-refractivity contribution in [1.82, 2.24) is 9.97 Å². The van der Waals surface area contributed by atoms with E-state index in [1.54, 1.807) is 17.6 Å². The van der Waals surface area contributed by atoms with Crippen molar-refractivity contribution in [2.75, 3.05) is 67.8 Å². The van der Waals surface area contributed by atoms with Crippen LogP contribution in [-0.4, -0.2) is 68.8 Å². The number of rotatable bonds is 5. The third-order valence-electron chi connectivity index (χ3n) is 4.24. The number of nitrogens with zero attached hydrogens (tertiary/aromatic N) is 5. The van der Waals surface area contributed by atoms with E-state index in [-0.39, 0.29) is 0 Å². The fraction of sp³-hybridized carbons (Fsp3) is 0.471. The normalized spacial score (nSPS) is 18.5. The van der Waals surface area contributed by atoms with Gasteiger partial charge in [-0.3, -0.25) is 5.43 Å². The van der Waals surface area contributed by atoms with E-state index in [0.717, 1.165) is 50.1 Å². The van der Waals surface area contributed by atoms with E-state index >= 15 is 0 Å². The number of ether oxygens (including phenoxy) is 2. The third-order valence-corrected chi connectivity index (χ3v) is 5.05. The van der Waals surface area contributed by atoms with E-state index in [0.29, 0.717) is 25.0 Å². The van der Waals surface area contributed by atoms with E-state index in [2.05, 4.69) is 25.3 Å². The molecule has 4 heterocycles. The number of morpholine rings is 2. The zero-order valence-corrected chi connectivity index (χ0v) is 15.3. The molecule has 0 aromatic carbocycles. The zero-order chi connectivity index (χ0) is 17.6. The van der Waals surface area contributed by atoms with E-state index in [1.165, 1.54) is 0 Å². The topological polar surface area (TPSA) is 75.1 Å². The number of anilines is 3. The molecule has 0 amide bonds. The van der Waals surface area contributed by atoms with Gasteiger partial charge in [-0.15, -0.1) is 11.3 Å². The molecular formula is C17H22N6O2S. The summed E-state index contributed by atoms with van der Waals surface area (Å²) in [5.41, 5.74) is 3.05. The predicted octanol–water partition coefficient (Wildman–Crippen LogP) is 1.66. The van der Waals surface area contributed by atoms with Crippen LogP contribution in [0.4, 0.5) is 17.6 Å². The van der Waals surface area contributed by atoms with Crippen LogP contribution < -0.4 is 15.2 Å². The molecule has 2 saturated heterocycles. The van der Waals surface area contributed by atoms with Crippen LogP contribution in [0.25, 0.3) is 0 Å². The molecule has 2 fully saturated rings. The van der Waals surface area contributed by atoms with Crippen LogP contribution >= 0.6 is 11.3 Å². The van der Waals surface area contributed by atoms with Crippen molar-refractivity contribution in [2.45, 2.75) is 0 Å². The Bertz CT molecular complexity index is 691. The Hall–Kier alpha value is -2.23. The molecular weight excluding hydrogens is 352 g/mol. The lowest BCUT2D eigenvalue weighted by atomic mass is 10.4. The third kappa shape index (κ3) is 4.29. The van der Waals surface area contributed by atoms with Crippen LogP contribution in [0, 0.1) is 0 Å². The van der Waals surface area contributed by atoms with Gasteiger partial charge >= 0.3 is 0 Å². The zero-order valence-electron chi connectivity index (χ0n) is 14.5. The number of hydrazone groups is 1. The highest BCUT2D eigenvalue weighted by Crippen LogP contribution is 2.22. The smallest absolute Gasteiger partial charge is 0.229 e. The highest BCUT2D eigenvalue weighted by atomic mass is 32.1. The van der Waals surface area contributed by atoms with Crippen LogP contribution in [0.2, 0.25) is 0 Å². The molecule has 0 saturated carbocycles. The number of aromatic nitrogens is 2. The molecule has 0 radical (unpaired) electrons. The van der Waals surface area contributed by atoms with Crippen molar-refractivity contribution in [1.29, 1.82) is 0 Å². The first kappa shape index (κ1) is 17.2. The average Bonchev–Trinajstić information content (AvgIpc) is 3.23. The molecule has 0 spiro atoms. The summed E-state index contributed by atoms with van der Waals surface area (Å²) in [5, 5.41) is 6.34.